The van der Waals surface area contributed by atoms with Gasteiger partial charge in [-0.05, 0) is 60.6 Å². The highest BCUT2D eigenvalue weighted by atomic mass is 16.7. The molecule has 1 N–H and O–H groups in total. The van der Waals surface area contributed by atoms with Crippen LogP contribution in [0.1, 0.15) is 50.4 Å². The van der Waals surface area contributed by atoms with Gasteiger partial charge in [0.25, 0.3) is 0 Å². The molecule has 1 aliphatic carbocycles. The minimum absolute atomic E-state index is 0.0394. The molecule has 3 aromatic rings. The van der Waals surface area contributed by atoms with Crippen LogP contribution >= 0.6 is 0 Å². The third-order valence-corrected chi connectivity index (χ3v) is 6.80. The molecule has 2 aliphatic heterocycles. The van der Waals surface area contributed by atoms with Crippen molar-refractivity contribution < 1.29 is 14.2 Å². The van der Waals surface area contributed by atoms with Crippen molar-refractivity contribution in [2.24, 2.45) is 0 Å². The molecule has 4 heterocycles. The van der Waals surface area contributed by atoms with Gasteiger partial charge in [0.05, 0.1) is 24.4 Å². The Morgan fingerprint density at radius 2 is 1.94 bits per heavy atom. The Hall–Kier alpha value is -2.74. The molecule has 2 saturated heterocycles. The molecule has 1 unspecified atom stereocenters. The molecular weight excluding hydrogens is 406 g/mol. The molecule has 166 valence electrons. The van der Waals surface area contributed by atoms with Gasteiger partial charge in [-0.15, -0.1) is 0 Å². The third kappa shape index (κ3) is 3.50. The Labute approximate surface area is 186 Å². The summed E-state index contributed by atoms with van der Waals surface area (Å²) in [4.78, 5) is 14.5. The van der Waals surface area contributed by atoms with Crippen molar-refractivity contribution in [2.45, 2.75) is 50.5 Å². The van der Waals surface area contributed by atoms with Crippen molar-refractivity contribution in [3.63, 3.8) is 0 Å². The molecule has 6 rings (SSSR count). The lowest BCUT2D eigenvalue weighted by Crippen LogP contribution is -2.31. The zero-order valence-electron chi connectivity index (χ0n) is 18.0. The number of nitrogens with one attached hydrogen (secondary N) is 1. The predicted octanol–water partition coefficient (Wildman–Crippen LogP) is 4.40. The van der Waals surface area contributed by atoms with Crippen molar-refractivity contribution in [1.82, 2.24) is 14.8 Å². The summed E-state index contributed by atoms with van der Waals surface area (Å²) in [6.07, 6.45) is 9.51. The lowest BCUT2D eigenvalue weighted by atomic mass is 9.91. The van der Waals surface area contributed by atoms with Gasteiger partial charge < -0.3 is 19.2 Å². The number of hydrogen-bond acceptors (Lipinski definition) is 5. The second kappa shape index (κ2) is 7.99. The maximum atomic E-state index is 11.9. The molecule has 7 nitrogen and oxygen atoms in total. The zero-order valence-corrected chi connectivity index (χ0v) is 18.0. The molecule has 0 amide bonds. The number of H-pyrrole nitrogens is 1. The number of nitrogens with zero attached hydrogens (tertiary/aromatic N) is 2. The van der Waals surface area contributed by atoms with Crippen LogP contribution < -0.4 is 5.56 Å². The molecule has 1 aromatic carbocycles. The summed E-state index contributed by atoms with van der Waals surface area (Å²) >= 11 is 0. The van der Waals surface area contributed by atoms with Gasteiger partial charge in [-0.25, -0.2) is 4.68 Å². The first-order valence-electron chi connectivity index (χ1n) is 11.5. The number of pyridine rings is 1. The maximum Gasteiger partial charge on any atom is 0.248 e. The summed E-state index contributed by atoms with van der Waals surface area (Å²) in [6, 6.07) is 9.88. The van der Waals surface area contributed by atoms with Crippen molar-refractivity contribution >= 4 is 16.5 Å². The molecule has 0 saturated carbocycles. The summed E-state index contributed by atoms with van der Waals surface area (Å²) in [6.45, 7) is 2.10. The van der Waals surface area contributed by atoms with Gasteiger partial charge in [-0.2, -0.15) is 5.10 Å². The highest BCUT2D eigenvalue weighted by molar-refractivity contribution is 5.94. The van der Waals surface area contributed by atoms with E-state index in [0.29, 0.717) is 13.2 Å². The molecule has 7 heteroatoms. The molecule has 32 heavy (non-hydrogen) atoms. The number of rotatable bonds is 3. The highest BCUT2D eigenvalue weighted by Gasteiger charge is 2.38. The van der Waals surface area contributed by atoms with E-state index in [1.165, 1.54) is 5.57 Å². The largest absolute Gasteiger partial charge is 0.356 e. The minimum Gasteiger partial charge on any atom is -0.356 e. The van der Waals surface area contributed by atoms with Crippen molar-refractivity contribution in [2.75, 3.05) is 19.8 Å². The Morgan fingerprint density at radius 1 is 1.06 bits per heavy atom. The second-order valence-electron chi connectivity index (χ2n) is 8.83. The van der Waals surface area contributed by atoms with E-state index in [4.69, 9.17) is 19.3 Å². The van der Waals surface area contributed by atoms with E-state index in [9.17, 15) is 4.79 Å². The summed E-state index contributed by atoms with van der Waals surface area (Å²) in [5.41, 5.74) is 5.07. The summed E-state index contributed by atoms with van der Waals surface area (Å²) in [7, 11) is 0. The topological polar surface area (TPSA) is 78.4 Å². The van der Waals surface area contributed by atoms with Crippen LogP contribution in [0.2, 0.25) is 0 Å². The highest BCUT2D eigenvalue weighted by Crippen LogP contribution is 2.41. The number of hydrogen-bond donors (Lipinski definition) is 1. The number of benzene rings is 1. The number of allylic oxidation sites excluding steroid dienone is 1. The minimum atomic E-state index is -0.454. The SMILES string of the molecule is O=c1cc(-c2ccc3c(c2)c(C2=CCC4(CC2)OCCO4)nn3C2CCCCO2)cc[nH]1. The molecule has 0 radical (unpaired) electrons. The van der Waals surface area contributed by atoms with Crippen LogP contribution in [-0.2, 0) is 14.2 Å². The fraction of sp³-hybridized carbons (Fsp3) is 0.440. The summed E-state index contributed by atoms with van der Waals surface area (Å²) in [5, 5.41) is 6.17. The summed E-state index contributed by atoms with van der Waals surface area (Å²) < 4.78 is 19.9. The zero-order chi connectivity index (χ0) is 21.5. The van der Waals surface area contributed by atoms with Crippen LogP contribution in [-0.4, -0.2) is 40.4 Å². The lowest BCUT2D eigenvalue weighted by molar-refractivity contribution is -0.159. The fourth-order valence-electron chi connectivity index (χ4n) is 5.10. The van der Waals surface area contributed by atoms with E-state index in [2.05, 4.69) is 33.9 Å². The lowest BCUT2D eigenvalue weighted by Gasteiger charge is -2.30. The van der Waals surface area contributed by atoms with E-state index in [1.807, 2.05) is 6.07 Å². The van der Waals surface area contributed by atoms with E-state index in [-0.39, 0.29) is 11.8 Å². The predicted molar refractivity (Wildman–Crippen MR) is 121 cm³/mol. The average molecular weight is 434 g/mol. The molecular formula is C25H27N3O4. The smallest absolute Gasteiger partial charge is 0.248 e. The molecule has 3 aliphatic rings. The monoisotopic (exact) mass is 433 g/mol. The van der Waals surface area contributed by atoms with Crippen molar-refractivity contribution in [1.29, 1.82) is 0 Å². The van der Waals surface area contributed by atoms with Gasteiger partial charge in [0.2, 0.25) is 5.56 Å². The maximum absolute atomic E-state index is 11.9. The molecule has 1 spiro atoms. The number of ether oxygens (including phenoxy) is 3. The standard InChI is InChI=1S/C25H27N3O4/c29-22-16-19(8-11-26-22)18-4-5-21-20(15-18)24(27-28(21)23-3-1-2-12-30-23)17-6-9-25(10-7-17)31-13-14-32-25/h4-6,8,11,15-16,23H,1-3,7,9-10,12-14H2,(H,26,29). The van der Waals surface area contributed by atoms with E-state index >= 15 is 0 Å². The van der Waals surface area contributed by atoms with E-state index < -0.39 is 5.79 Å². The Bertz CT molecular complexity index is 1230. The van der Waals surface area contributed by atoms with Gasteiger partial charge in [0.15, 0.2) is 12.0 Å². The van der Waals surface area contributed by atoms with Crippen molar-refractivity contribution in [3.8, 4) is 11.1 Å². The Morgan fingerprint density at radius 3 is 2.69 bits per heavy atom. The average Bonchev–Trinajstić information content (AvgIpc) is 3.45. The van der Waals surface area contributed by atoms with Crippen molar-refractivity contribution in [3.05, 3.63) is 58.7 Å². The quantitative estimate of drug-likeness (QED) is 0.662. The van der Waals surface area contributed by atoms with Gasteiger partial charge in [0, 0.05) is 37.1 Å². The van der Waals surface area contributed by atoms with E-state index in [0.717, 1.165) is 72.9 Å². The first-order valence-corrected chi connectivity index (χ1v) is 11.5. The van der Waals surface area contributed by atoms with E-state index in [1.54, 1.807) is 12.3 Å². The van der Waals surface area contributed by atoms with Crippen LogP contribution in [0.15, 0.2) is 47.4 Å². The van der Waals surface area contributed by atoms with Gasteiger partial charge in [-0.3, -0.25) is 4.79 Å². The normalized spacial score (nSPS) is 23.0. The molecule has 1 atom stereocenters. The van der Waals surface area contributed by atoms with Crippen LogP contribution in [0.3, 0.4) is 0 Å². The van der Waals surface area contributed by atoms with Gasteiger partial charge in [-0.1, -0.05) is 12.1 Å². The third-order valence-electron chi connectivity index (χ3n) is 6.80. The van der Waals surface area contributed by atoms with Crippen LogP contribution in [0.5, 0.6) is 0 Å². The van der Waals surface area contributed by atoms with Crippen LogP contribution in [0.25, 0.3) is 27.6 Å². The Kier molecular flexibility index (Phi) is 4.97. The van der Waals surface area contributed by atoms with Gasteiger partial charge >= 0.3 is 0 Å². The molecule has 0 bridgehead atoms. The fourth-order valence-corrected chi connectivity index (χ4v) is 5.10. The van der Waals surface area contributed by atoms with Crippen LogP contribution in [0, 0.1) is 0 Å². The summed E-state index contributed by atoms with van der Waals surface area (Å²) in [5.74, 6) is -0.454. The van der Waals surface area contributed by atoms with Crippen LogP contribution in [0.4, 0.5) is 0 Å². The number of aromatic amines is 1. The first kappa shape index (κ1) is 19.9. The molecule has 2 fully saturated rings. The number of fused-ring (bicyclic) bond motifs is 1. The Balaban J connectivity index is 1.46. The second-order valence-corrected chi connectivity index (χ2v) is 8.83. The number of aromatic nitrogens is 3. The van der Waals surface area contributed by atoms with Gasteiger partial charge in [0.1, 0.15) is 0 Å². The first-order chi connectivity index (χ1) is 15.7. The molecule has 2 aromatic heterocycles.